The molecule has 11 rings (SSSR count). The second-order valence-electron chi connectivity index (χ2n) is 20.2. The number of para-hydroxylation sites is 2. The standard InChI is InChI=1S/C65H55N4.Pt/c1-63(2,3)48-35-33-47(34-36-48)57-44-66-62(43-58(57)64(4,5)6)69-60-32-19-17-30-55(60)56-38-37-52(42-61(56)69)65(49-23-12-8-13-24-49,50-25-14-9-15-26-50)51-27-20-28-53(41-51)67-39-40-68(45-67)59-31-18-16-29-54(59)46-21-10-7-11-22-46;/h7-40,43-45H,1-6H3;/q-3;. The van der Waals surface area contributed by atoms with Crippen molar-refractivity contribution in [1.29, 1.82) is 0 Å². The number of anilines is 2. The van der Waals surface area contributed by atoms with Crippen LogP contribution in [0.4, 0.5) is 11.4 Å². The Kier molecular flexibility index (Phi) is 12.3. The molecule has 0 radical (unpaired) electrons. The number of hydrogen-bond donors (Lipinski definition) is 0. The van der Waals surface area contributed by atoms with Gasteiger partial charge in [-0.2, -0.15) is 42.5 Å². The molecule has 5 heteroatoms. The van der Waals surface area contributed by atoms with Gasteiger partial charge in [0.25, 0.3) is 0 Å². The van der Waals surface area contributed by atoms with Crippen LogP contribution in [0.15, 0.2) is 219 Å². The molecule has 8 aromatic carbocycles. The van der Waals surface area contributed by atoms with E-state index in [2.05, 4.69) is 293 Å². The van der Waals surface area contributed by atoms with Gasteiger partial charge in [0.05, 0.1) is 0 Å². The van der Waals surface area contributed by atoms with E-state index in [-0.39, 0.29) is 31.9 Å². The maximum atomic E-state index is 5.33. The SMILES string of the molecule is CC(C)(C)c1ccc(-c2cnc(-n3c4[c-]c(C(c5[c-]c(N6C=CN(c7ccccc7-c7ccccc7)[CH-]6)ccc5)(c5ccccc5)c5ccccc5)ccc4c4ccccc43)cc2C(C)(C)C)cc1.[Pt]. The first kappa shape index (κ1) is 46.5. The topological polar surface area (TPSA) is 24.3 Å². The van der Waals surface area contributed by atoms with E-state index in [9.17, 15) is 0 Å². The fourth-order valence-electron chi connectivity index (χ4n) is 10.3. The molecule has 0 saturated heterocycles. The van der Waals surface area contributed by atoms with E-state index in [0.717, 1.165) is 66.8 Å². The first-order chi connectivity index (χ1) is 33.5. The maximum Gasteiger partial charge on any atom is 0.135 e. The zero-order valence-corrected chi connectivity index (χ0v) is 42.7. The first-order valence-electron chi connectivity index (χ1n) is 23.9. The molecule has 10 aromatic rings. The Bertz CT molecular complexity index is 3450. The Labute approximate surface area is 427 Å². The van der Waals surface area contributed by atoms with E-state index in [1.807, 2.05) is 0 Å². The fourth-order valence-corrected chi connectivity index (χ4v) is 10.3. The number of benzene rings is 8. The Hall–Kier alpha value is -7.26. The van der Waals surface area contributed by atoms with Crippen LogP contribution in [-0.2, 0) is 37.3 Å². The Balaban J connectivity index is 0.00000567. The summed E-state index contributed by atoms with van der Waals surface area (Å²) in [5.74, 6) is 0.864. The number of fused-ring (bicyclic) bond motifs is 3. The van der Waals surface area contributed by atoms with Gasteiger partial charge in [0, 0.05) is 55.0 Å². The molecular formula is C65H55N4Pt-3. The smallest absolute Gasteiger partial charge is 0.135 e. The summed E-state index contributed by atoms with van der Waals surface area (Å²) in [7, 11) is 0. The van der Waals surface area contributed by atoms with E-state index >= 15 is 0 Å². The Morgan fingerprint density at radius 1 is 0.471 bits per heavy atom. The molecule has 0 bridgehead atoms. The summed E-state index contributed by atoms with van der Waals surface area (Å²) in [5, 5.41) is 2.28. The second-order valence-corrected chi connectivity index (χ2v) is 20.2. The average molecular weight is 1090 g/mol. The van der Waals surface area contributed by atoms with Crippen molar-refractivity contribution in [2.75, 3.05) is 9.80 Å². The number of pyridine rings is 1. The van der Waals surface area contributed by atoms with Gasteiger partial charge in [0.2, 0.25) is 0 Å². The van der Waals surface area contributed by atoms with Gasteiger partial charge in [0.1, 0.15) is 5.82 Å². The molecule has 1 aliphatic heterocycles. The van der Waals surface area contributed by atoms with Crippen LogP contribution in [0.2, 0.25) is 0 Å². The molecule has 3 heterocycles. The summed E-state index contributed by atoms with van der Waals surface area (Å²) < 4.78 is 2.32. The van der Waals surface area contributed by atoms with E-state index in [1.165, 1.54) is 27.8 Å². The molecule has 0 spiro atoms. The van der Waals surface area contributed by atoms with E-state index in [4.69, 9.17) is 4.98 Å². The Morgan fingerprint density at radius 2 is 1.07 bits per heavy atom. The average Bonchev–Trinajstić information content (AvgIpc) is 4.01. The molecular weight excluding hydrogens is 1030 g/mol. The second kappa shape index (κ2) is 18.6. The van der Waals surface area contributed by atoms with Crippen molar-refractivity contribution >= 4 is 33.2 Å². The minimum atomic E-state index is -0.815. The van der Waals surface area contributed by atoms with Crippen molar-refractivity contribution in [3.05, 3.63) is 271 Å². The summed E-state index contributed by atoms with van der Waals surface area (Å²) in [5.41, 5.74) is 14.7. The maximum absolute atomic E-state index is 5.33. The number of aromatic nitrogens is 2. The predicted octanol–water partition coefficient (Wildman–Crippen LogP) is 16.0. The summed E-state index contributed by atoms with van der Waals surface area (Å²) >= 11 is 0. The van der Waals surface area contributed by atoms with Crippen molar-refractivity contribution in [3.63, 3.8) is 0 Å². The third kappa shape index (κ3) is 8.29. The van der Waals surface area contributed by atoms with Gasteiger partial charge >= 0.3 is 0 Å². The largest absolute Gasteiger partial charge is 0.500 e. The van der Waals surface area contributed by atoms with Crippen LogP contribution in [0.3, 0.4) is 0 Å². The zero-order valence-electron chi connectivity index (χ0n) is 40.5. The van der Waals surface area contributed by atoms with Crippen molar-refractivity contribution in [2.45, 2.75) is 57.8 Å². The molecule has 1 aliphatic rings. The molecule has 4 nitrogen and oxygen atoms in total. The first-order valence-corrected chi connectivity index (χ1v) is 23.9. The van der Waals surface area contributed by atoms with Gasteiger partial charge in [-0.25, -0.2) is 4.98 Å². The summed E-state index contributed by atoms with van der Waals surface area (Å²) in [6.07, 6.45) is 6.32. The normalized spacial score (nSPS) is 13.0. The van der Waals surface area contributed by atoms with Gasteiger partial charge < -0.3 is 14.4 Å². The predicted molar refractivity (Wildman–Crippen MR) is 288 cm³/mol. The van der Waals surface area contributed by atoms with Gasteiger partial charge in [-0.1, -0.05) is 199 Å². The minimum Gasteiger partial charge on any atom is -0.500 e. The molecule has 0 amide bonds. The zero-order chi connectivity index (χ0) is 47.3. The molecule has 0 unspecified atom stereocenters. The molecule has 0 fully saturated rings. The Morgan fingerprint density at radius 3 is 1.76 bits per heavy atom. The monoisotopic (exact) mass is 1090 g/mol. The third-order valence-corrected chi connectivity index (χ3v) is 13.8. The third-order valence-electron chi connectivity index (χ3n) is 13.8. The number of hydrogen-bond acceptors (Lipinski definition) is 3. The number of rotatable bonds is 9. The van der Waals surface area contributed by atoms with Gasteiger partial charge in [-0.05, 0) is 80.2 Å². The van der Waals surface area contributed by atoms with E-state index in [0.29, 0.717) is 0 Å². The van der Waals surface area contributed by atoms with Crippen LogP contribution in [0.25, 0.3) is 49.9 Å². The molecule has 0 aliphatic carbocycles. The van der Waals surface area contributed by atoms with Crippen LogP contribution >= 0.6 is 0 Å². The van der Waals surface area contributed by atoms with E-state index < -0.39 is 5.41 Å². The van der Waals surface area contributed by atoms with Crippen LogP contribution in [-0.4, -0.2) is 9.55 Å². The van der Waals surface area contributed by atoms with Crippen molar-refractivity contribution in [3.8, 4) is 28.1 Å². The summed E-state index contributed by atoms with van der Waals surface area (Å²) in [6, 6.07) is 80.1. The molecule has 348 valence electrons. The van der Waals surface area contributed by atoms with E-state index in [1.54, 1.807) is 0 Å². The summed E-state index contributed by atoms with van der Waals surface area (Å²) in [6.45, 7) is 15.8. The van der Waals surface area contributed by atoms with Crippen molar-refractivity contribution in [2.24, 2.45) is 0 Å². The van der Waals surface area contributed by atoms with Gasteiger partial charge in [-0.3, -0.25) is 0 Å². The molecule has 0 N–H and O–H groups in total. The molecule has 0 atom stereocenters. The van der Waals surface area contributed by atoms with Crippen LogP contribution < -0.4 is 9.80 Å². The number of nitrogens with zero attached hydrogens (tertiary/aromatic N) is 4. The molecule has 70 heavy (non-hydrogen) atoms. The minimum absolute atomic E-state index is 0. The van der Waals surface area contributed by atoms with Crippen LogP contribution in [0.5, 0.6) is 0 Å². The molecule has 0 saturated carbocycles. The van der Waals surface area contributed by atoms with Crippen LogP contribution in [0.1, 0.15) is 74.9 Å². The van der Waals surface area contributed by atoms with Gasteiger partial charge in [-0.15, -0.1) is 28.9 Å². The van der Waals surface area contributed by atoms with Gasteiger partial charge in [0.15, 0.2) is 0 Å². The van der Waals surface area contributed by atoms with Crippen molar-refractivity contribution in [1.82, 2.24) is 9.55 Å². The quantitative estimate of drug-likeness (QED) is 0.106. The van der Waals surface area contributed by atoms with Crippen LogP contribution in [0, 0.1) is 18.8 Å². The van der Waals surface area contributed by atoms with Crippen molar-refractivity contribution < 1.29 is 21.1 Å². The summed E-state index contributed by atoms with van der Waals surface area (Å²) in [4.78, 5) is 9.69. The molecule has 2 aromatic heterocycles. The fraction of sp³-hybridized carbons (Fsp3) is 0.138.